The van der Waals surface area contributed by atoms with Gasteiger partial charge < -0.3 is 0 Å². The van der Waals surface area contributed by atoms with Crippen LogP contribution >= 0.6 is 0 Å². The van der Waals surface area contributed by atoms with E-state index in [4.69, 9.17) is 0 Å². The van der Waals surface area contributed by atoms with E-state index in [1.165, 1.54) is 0 Å². The molecule has 10 rings (SSSR count). The Hall–Kier alpha value is -9.09. The molecule has 0 amide bonds. The number of nitrogens with zero attached hydrogens (tertiary/aromatic N) is 1. The van der Waals surface area contributed by atoms with Crippen LogP contribution < -0.4 is 26.4 Å². The van der Waals surface area contributed by atoms with Crippen molar-refractivity contribution in [3.05, 3.63) is 255 Å². The lowest BCUT2D eigenvalue weighted by Crippen LogP contribution is -2.81. The monoisotopic (exact) mass is 1130 g/mol. The fourth-order valence-electron chi connectivity index (χ4n) is 9.76. The number of fused-ring (bicyclic) bond motifs is 3. The Morgan fingerprint density at radius 2 is 0.613 bits per heavy atom. The minimum Gasteiger partial charge on any atom is -0.287 e. The van der Waals surface area contributed by atoms with E-state index in [0.29, 0.717) is 16.8 Å². The molecular formula is C56H22BF20NO2. The van der Waals surface area contributed by atoms with Gasteiger partial charge in [0.15, 0.2) is 76.0 Å². The lowest BCUT2D eigenvalue weighted by Gasteiger charge is -2.44. The van der Waals surface area contributed by atoms with Crippen molar-refractivity contribution >= 4 is 71.9 Å². The largest absolute Gasteiger partial charge is 0.287 e. The van der Waals surface area contributed by atoms with Crippen molar-refractivity contribution in [2.45, 2.75) is 6.54 Å². The van der Waals surface area contributed by atoms with Crippen LogP contribution in [-0.2, 0) is 6.54 Å². The lowest BCUT2D eigenvalue weighted by atomic mass is 9.12. The number of benzene rings is 9. The third-order valence-corrected chi connectivity index (χ3v) is 13.3. The Labute approximate surface area is 434 Å². The van der Waals surface area contributed by atoms with Gasteiger partial charge in [0.05, 0.1) is 5.39 Å². The van der Waals surface area contributed by atoms with E-state index in [2.05, 4.69) is 6.07 Å². The third kappa shape index (κ3) is 8.54. The zero-order valence-corrected chi connectivity index (χ0v) is 39.2. The molecule has 0 aliphatic carbocycles. The molecule has 80 heavy (non-hydrogen) atoms. The van der Waals surface area contributed by atoms with Gasteiger partial charge in [-0.2, -0.15) is 4.57 Å². The van der Waals surface area contributed by atoms with Crippen molar-refractivity contribution in [2.75, 3.05) is 0 Å². The Morgan fingerprint density at radius 3 is 0.963 bits per heavy atom. The van der Waals surface area contributed by atoms with Crippen molar-refractivity contribution < 1.29 is 102 Å². The molecule has 0 aliphatic rings. The Kier molecular flexibility index (Phi) is 14.6. The van der Waals surface area contributed by atoms with Crippen LogP contribution in [0.5, 0.6) is 0 Å². The van der Waals surface area contributed by atoms with Crippen LogP contribution in [0.15, 0.2) is 121 Å². The van der Waals surface area contributed by atoms with Gasteiger partial charge in [-0.05, 0) is 39.1 Å². The minimum absolute atomic E-state index is 0.0392. The molecule has 0 unspecified atom stereocenters. The number of rotatable bonds is 9. The third-order valence-electron chi connectivity index (χ3n) is 13.3. The van der Waals surface area contributed by atoms with Gasteiger partial charge in [0.2, 0.25) is 12.3 Å². The SMILES string of the molecule is Fc1c(F)c(F)c([B-](c2c(F)c(F)c(F)c(F)c2F)(c2c(F)c(F)c(F)c(F)c2F)c2c(F)c(F)c(F)c(F)c2F)c(F)c1F.O=C(C[n+]1ccc2ccccc2c1C(=O)c1c2ccccc2cc2ccccc12)c1ccccc1. The van der Waals surface area contributed by atoms with Crippen molar-refractivity contribution in [3.8, 4) is 0 Å². The zero-order valence-electron chi connectivity index (χ0n) is 39.2. The molecule has 0 saturated carbocycles. The summed E-state index contributed by atoms with van der Waals surface area (Å²) in [6.45, 7) is 0.0820. The summed E-state index contributed by atoms with van der Waals surface area (Å²) >= 11 is 0. The molecule has 9 aromatic carbocycles. The lowest BCUT2D eigenvalue weighted by molar-refractivity contribution is -0.683. The molecule has 24 heteroatoms. The second-order valence-electron chi connectivity index (χ2n) is 17.5. The van der Waals surface area contributed by atoms with E-state index < -0.39 is 144 Å². The summed E-state index contributed by atoms with van der Waals surface area (Å²) in [4.78, 5) is 27.6. The molecule has 10 aromatic rings. The molecule has 0 radical (unpaired) electrons. The van der Waals surface area contributed by atoms with E-state index in [0.717, 1.165) is 32.3 Å². The average Bonchev–Trinajstić information content (AvgIpc) is 2.91. The van der Waals surface area contributed by atoms with E-state index in [1.54, 1.807) is 4.57 Å². The molecule has 0 fully saturated rings. The minimum atomic E-state index is -7.22. The number of carbonyl (C=O) groups excluding carboxylic acids is 2. The molecule has 1 heterocycles. The summed E-state index contributed by atoms with van der Waals surface area (Å²) in [5.41, 5.74) is -12.5. The number of ketones is 2. The second-order valence-corrected chi connectivity index (χ2v) is 17.5. The highest BCUT2D eigenvalue weighted by molar-refractivity contribution is 7.20. The quantitative estimate of drug-likeness (QED) is 0.0275. The molecular weight excluding hydrogens is 1110 g/mol. The van der Waals surface area contributed by atoms with E-state index in [9.17, 15) is 62.3 Å². The second kappa shape index (κ2) is 20.9. The first-order valence-electron chi connectivity index (χ1n) is 22.6. The van der Waals surface area contributed by atoms with Gasteiger partial charge in [0.25, 0.3) is 11.5 Å². The van der Waals surface area contributed by atoms with E-state index in [-0.39, 0.29) is 18.1 Å². The first-order valence-corrected chi connectivity index (χ1v) is 22.6. The summed E-state index contributed by atoms with van der Waals surface area (Å²) in [6.07, 6.45) is -5.37. The first-order chi connectivity index (χ1) is 37.9. The Bertz CT molecular complexity index is 3840. The Balaban J connectivity index is 0.000000199. The maximum absolute atomic E-state index is 15.4. The zero-order chi connectivity index (χ0) is 58.1. The van der Waals surface area contributed by atoms with E-state index >= 15 is 35.1 Å². The van der Waals surface area contributed by atoms with Crippen LogP contribution in [0.25, 0.3) is 32.3 Å². The summed E-state index contributed by atoms with van der Waals surface area (Å²) in [5.74, 6) is -71.5. The summed E-state index contributed by atoms with van der Waals surface area (Å²) in [7, 11) is 0. The molecule has 0 spiro atoms. The van der Waals surface area contributed by atoms with Gasteiger partial charge in [0.1, 0.15) is 52.7 Å². The van der Waals surface area contributed by atoms with E-state index in [1.807, 2.05) is 115 Å². The highest BCUT2D eigenvalue weighted by Gasteiger charge is 2.52. The number of pyridine rings is 1. The molecule has 3 nitrogen and oxygen atoms in total. The maximum Gasteiger partial charge on any atom is 0.262 e. The molecule has 1 aromatic heterocycles. The average molecular weight is 1130 g/mol. The van der Waals surface area contributed by atoms with Gasteiger partial charge in [-0.1, -0.05) is 97.1 Å². The fourth-order valence-corrected chi connectivity index (χ4v) is 9.76. The number of hydrogen-bond acceptors (Lipinski definition) is 2. The molecule has 0 aliphatic heterocycles. The maximum atomic E-state index is 15.4. The van der Waals surface area contributed by atoms with Crippen LogP contribution in [-0.4, -0.2) is 17.7 Å². The van der Waals surface area contributed by atoms with Crippen molar-refractivity contribution in [2.24, 2.45) is 0 Å². The van der Waals surface area contributed by atoms with Gasteiger partial charge >= 0.3 is 0 Å². The highest BCUT2D eigenvalue weighted by Crippen LogP contribution is 2.34. The van der Waals surface area contributed by atoms with Crippen LogP contribution in [0.3, 0.4) is 0 Å². The molecule has 406 valence electrons. The van der Waals surface area contributed by atoms with Gasteiger partial charge in [-0.3, -0.25) is 9.59 Å². The fraction of sp³-hybridized carbons (Fsp3) is 0.0179. The standard InChI is InChI=1S/C32H22NO2.C24BF20/c34-29(23-11-2-1-3-12-23)21-33-19-18-22-10-4-9-17-28(22)31(33)32(35)30-26-15-7-5-13-24(26)20-25-14-6-8-16-27(25)30;26-5-1(6(27)14(35)21(42)13(5)34)25(2-7(28)15(36)22(43)16(37)8(2)29,3-9(30)17(38)23(44)18(39)10(3)31)4-11(32)19(40)24(45)20(41)12(4)33/h1-20H,21H2;/q+1;-1. The predicted octanol–water partition coefficient (Wildman–Crippen LogP) is 12.4. The normalized spacial score (nSPS) is 11.7. The van der Waals surface area contributed by atoms with Crippen molar-refractivity contribution in [3.63, 3.8) is 0 Å². The smallest absolute Gasteiger partial charge is 0.262 e. The number of carbonyl (C=O) groups is 2. The summed E-state index contributed by atoms with van der Waals surface area (Å²) in [6, 6.07) is 37.1. The van der Waals surface area contributed by atoms with Gasteiger partial charge in [-0.15, -0.1) is 21.9 Å². The summed E-state index contributed by atoms with van der Waals surface area (Å²) < 4.78 is 296. The Morgan fingerprint density at radius 1 is 0.325 bits per heavy atom. The van der Waals surface area contributed by atoms with Crippen LogP contribution in [0.4, 0.5) is 87.8 Å². The number of Topliss-reactive ketones (excluding diaryl/α,β-unsaturated/α-hetero) is 1. The molecule has 0 atom stereocenters. The molecule has 0 saturated heterocycles. The highest BCUT2D eigenvalue weighted by atomic mass is 19.2. The first kappa shape index (κ1) is 55.7. The van der Waals surface area contributed by atoms with Crippen LogP contribution in [0, 0.1) is 116 Å². The van der Waals surface area contributed by atoms with Crippen molar-refractivity contribution in [1.29, 1.82) is 0 Å². The number of aromatic nitrogens is 1. The molecule has 0 bridgehead atoms. The van der Waals surface area contributed by atoms with Crippen LogP contribution in [0.1, 0.15) is 26.4 Å². The predicted molar refractivity (Wildman–Crippen MR) is 249 cm³/mol. The number of hydrogen-bond donors (Lipinski definition) is 0. The topological polar surface area (TPSA) is 38.0 Å². The summed E-state index contributed by atoms with van der Waals surface area (Å²) in [5, 5.41) is 5.64. The van der Waals surface area contributed by atoms with Gasteiger partial charge in [-0.25, -0.2) is 87.8 Å². The van der Waals surface area contributed by atoms with Gasteiger partial charge in [0, 0.05) is 17.2 Å². The van der Waals surface area contributed by atoms with Crippen LogP contribution in [0.2, 0.25) is 0 Å². The molecule has 0 N–H and O–H groups in total. The van der Waals surface area contributed by atoms with Crippen molar-refractivity contribution in [1.82, 2.24) is 0 Å². The number of halogens is 20.